The average molecular weight is 609 g/mol. The van der Waals surface area contributed by atoms with Crippen molar-refractivity contribution in [2.24, 2.45) is 5.92 Å². The summed E-state index contributed by atoms with van der Waals surface area (Å²) in [6, 6.07) is 15.3. The summed E-state index contributed by atoms with van der Waals surface area (Å²) in [6.45, 7) is -0.413. The van der Waals surface area contributed by atoms with Crippen LogP contribution in [-0.4, -0.2) is 55.7 Å². The largest absolute Gasteiger partial charge is 0.482 e. The van der Waals surface area contributed by atoms with Gasteiger partial charge in [-0.05, 0) is 60.7 Å². The predicted molar refractivity (Wildman–Crippen MR) is 161 cm³/mol. The van der Waals surface area contributed by atoms with Gasteiger partial charge in [-0.2, -0.15) is 0 Å². The third kappa shape index (κ3) is 9.00. The van der Waals surface area contributed by atoms with Crippen LogP contribution in [0.2, 0.25) is 0 Å². The molecule has 3 aromatic carbocycles. The monoisotopic (exact) mass is 608 g/mol. The Morgan fingerprint density at radius 3 is 2.34 bits per heavy atom. The highest BCUT2D eigenvalue weighted by molar-refractivity contribution is 5.99. The predicted octanol–water partition coefficient (Wildman–Crippen LogP) is 4.98. The number of urea groups is 1. The number of nitrogens with one attached hydrogen (secondary N) is 2. The first-order valence-electron chi connectivity index (χ1n) is 14.2. The fraction of sp³-hybridized carbons (Fsp3) is 0.312. The molecule has 0 bridgehead atoms. The van der Waals surface area contributed by atoms with E-state index >= 15 is 0 Å². The Morgan fingerprint density at radius 2 is 1.64 bits per heavy atom. The Kier molecular flexibility index (Phi) is 10.8. The van der Waals surface area contributed by atoms with Gasteiger partial charge in [0.2, 0.25) is 5.91 Å². The number of likely N-dealkylation sites (N-methyl/N-ethyl adjacent to an activating group) is 1. The maximum Gasteiger partial charge on any atom is 0.319 e. The number of ether oxygens (including phenoxy) is 1. The number of carbonyl (C=O) groups excluding carboxylic acids is 3. The van der Waals surface area contributed by atoms with E-state index in [-0.39, 0.29) is 30.3 Å². The van der Waals surface area contributed by atoms with Crippen molar-refractivity contribution >= 4 is 40.9 Å². The molecule has 1 aliphatic rings. The molecule has 0 radical (unpaired) electrons. The molecule has 0 unspecified atom stereocenters. The summed E-state index contributed by atoms with van der Waals surface area (Å²) in [6.07, 6.45) is 3.79. The van der Waals surface area contributed by atoms with Gasteiger partial charge in [-0.25, -0.2) is 13.6 Å². The Morgan fingerprint density at radius 1 is 0.932 bits per heavy atom. The van der Waals surface area contributed by atoms with Crippen molar-refractivity contribution in [3.63, 3.8) is 0 Å². The van der Waals surface area contributed by atoms with Crippen LogP contribution in [0.15, 0.2) is 66.7 Å². The molecule has 232 valence electrons. The maximum atomic E-state index is 13.7. The van der Waals surface area contributed by atoms with Crippen molar-refractivity contribution in [3.8, 4) is 5.75 Å². The number of halogens is 2. The molecule has 4 rings (SSSR count). The van der Waals surface area contributed by atoms with E-state index in [1.165, 1.54) is 11.9 Å². The fourth-order valence-corrected chi connectivity index (χ4v) is 5.06. The van der Waals surface area contributed by atoms with E-state index in [0.29, 0.717) is 29.5 Å². The van der Waals surface area contributed by atoms with E-state index in [1.54, 1.807) is 48.5 Å². The molecule has 1 aliphatic carbocycles. The van der Waals surface area contributed by atoms with Gasteiger partial charge < -0.3 is 30.3 Å². The molecule has 0 heterocycles. The molecule has 0 saturated heterocycles. The van der Waals surface area contributed by atoms with E-state index in [0.717, 1.165) is 42.7 Å². The number of hydrogen-bond donors (Lipinski definition) is 3. The Hall–Kier alpha value is -5.00. The van der Waals surface area contributed by atoms with E-state index in [2.05, 4.69) is 10.6 Å². The van der Waals surface area contributed by atoms with Crippen LogP contribution in [0.4, 0.5) is 30.6 Å². The van der Waals surface area contributed by atoms with Gasteiger partial charge in [0.05, 0.1) is 18.7 Å². The molecular weight excluding hydrogens is 574 g/mol. The zero-order valence-electron chi connectivity index (χ0n) is 24.2. The van der Waals surface area contributed by atoms with Crippen LogP contribution >= 0.6 is 0 Å². The number of carboxylic acid groups (broad SMARTS) is 1. The van der Waals surface area contributed by atoms with Crippen LogP contribution < -0.4 is 25.2 Å². The maximum absolute atomic E-state index is 13.7. The molecule has 4 amide bonds. The van der Waals surface area contributed by atoms with E-state index in [1.807, 2.05) is 0 Å². The average Bonchev–Trinajstić information content (AvgIpc) is 3.50. The summed E-state index contributed by atoms with van der Waals surface area (Å²) in [5, 5.41) is 14.2. The minimum atomic E-state index is -0.998. The number of anilines is 3. The van der Waals surface area contributed by atoms with E-state index < -0.39 is 42.1 Å². The molecule has 10 nitrogen and oxygen atoms in total. The number of carbonyl (C=O) groups is 4. The summed E-state index contributed by atoms with van der Waals surface area (Å²) < 4.78 is 33.2. The minimum Gasteiger partial charge on any atom is -0.482 e. The number of benzene rings is 3. The SMILES string of the molecule is CN(C(=O)COc1ccccc1N(CC1CCCC1)C(=O)CNC(=O)Nc1cccc(CC(=O)O)c1)c1cc(F)cc(F)c1. The summed E-state index contributed by atoms with van der Waals surface area (Å²) in [5.74, 6) is -3.10. The quantitative estimate of drug-likeness (QED) is 0.266. The Balaban J connectivity index is 1.44. The molecule has 12 heteroatoms. The van der Waals surface area contributed by atoms with Crippen LogP contribution in [-0.2, 0) is 20.8 Å². The van der Waals surface area contributed by atoms with Gasteiger partial charge in [-0.3, -0.25) is 14.4 Å². The molecule has 0 aliphatic heterocycles. The highest BCUT2D eigenvalue weighted by Crippen LogP contribution is 2.32. The van der Waals surface area contributed by atoms with Crippen molar-refractivity contribution in [1.82, 2.24) is 5.32 Å². The lowest BCUT2D eigenvalue weighted by atomic mass is 10.1. The Bertz CT molecular complexity index is 1490. The zero-order chi connectivity index (χ0) is 31.6. The number of para-hydroxylation sites is 2. The number of hydrogen-bond acceptors (Lipinski definition) is 5. The lowest BCUT2D eigenvalue weighted by Gasteiger charge is -2.28. The molecule has 0 aromatic heterocycles. The standard InChI is InChI=1S/C32H34F2N4O6/c1-37(26-16-23(33)15-24(34)17-26)30(40)20-44-28-12-5-4-11-27(28)38(19-21-7-2-3-8-21)29(39)18-35-32(43)36-25-10-6-9-22(13-25)14-31(41)42/h4-6,9-13,15-17,21H,2-3,7-8,14,18-20H2,1H3,(H,41,42)(H2,35,36,43). The van der Waals surface area contributed by atoms with Crippen LogP contribution in [0.5, 0.6) is 5.75 Å². The van der Waals surface area contributed by atoms with E-state index in [4.69, 9.17) is 9.84 Å². The van der Waals surface area contributed by atoms with Crippen molar-refractivity contribution in [1.29, 1.82) is 0 Å². The number of nitrogens with zero attached hydrogens (tertiary/aromatic N) is 2. The second kappa shape index (κ2) is 14.9. The number of rotatable bonds is 12. The van der Waals surface area contributed by atoms with Crippen molar-refractivity contribution in [2.75, 3.05) is 41.9 Å². The van der Waals surface area contributed by atoms with Crippen molar-refractivity contribution < 1.29 is 37.8 Å². The van der Waals surface area contributed by atoms with E-state index in [9.17, 15) is 28.0 Å². The molecule has 3 aromatic rings. The summed E-state index contributed by atoms with van der Waals surface area (Å²) in [4.78, 5) is 52.6. The van der Waals surface area contributed by atoms with Crippen LogP contribution in [0.1, 0.15) is 31.2 Å². The highest BCUT2D eigenvalue weighted by atomic mass is 19.1. The van der Waals surface area contributed by atoms with Gasteiger partial charge >= 0.3 is 12.0 Å². The fourth-order valence-electron chi connectivity index (χ4n) is 5.06. The van der Waals surface area contributed by atoms with Crippen LogP contribution in [0.3, 0.4) is 0 Å². The number of aliphatic carboxylic acids is 1. The molecule has 1 saturated carbocycles. The van der Waals surface area contributed by atoms with Gasteiger partial charge in [0.1, 0.15) is 17.4 Å². The first kappa shape index (κ1) is 31.9. The lowest BCUT2D eigenvalue weighted by Crippen LogP contribution is -2.43. The molecule has 1 fully saturated rings. The normalized spacial score (nSPS) is 12.8. The third-order valence-electron chi connectivity index (χ3n) is 7.27. The van der Waals surface area contributed by atoms with Gasteiger partial charge in [-0.1, -0.05) is 37.1 Å². The summed E-state index contributed by atoms with van der Waals surface area (Å²) in [7, 11) is 1.38. The summed E-state index contributed by atoms with van der Waals surface area (Å²) >= 11 is 0. The van der Waals surface area contributed by atoms with Gasteiger partial charge in [0.25, 0.3) is 5.91 Å². The molecular formula is C32H34F2N4O6. The summed E-state index contributed by atoms with van der Waals surface area (Å²) in [5.41, 5.74) is 1.34. The van der Waals surface area contributed by atoms with Crippen molar-refractivity contribution in [2.45, 2.75) is 32.1 Å². The lowest BCUT2D eigenvalue weighted by molar-refractivity contribution is -0.136. The minimum absolute atomic E-state index is 0.0281. The van der Waals surface area contributed by atoms with Crippen LogP contribution in [0.25, 0.3) is 0 Å². The Labute approximate surface area is 253 Å². The highest BCUT2D eigenvalue weighted by Gasteiger charge is 2.26. The smallest absolute Gasteiger partial charge is 0.319 e. The molecule has 44 heavy (non-hydrogen) atoms. The van der Waals surface area contributed by atoms with Gasteiger partial charge in [0, 0.05) is 31.0 Å². The van der Waals surface area contributed by atoms with Crippen molar-refractivity contribution in [3.05, 3.63) is 83.9 Å². The first-order valence-corrected chi connectivity index (χ1v) is 14.2. The first-order chi connectivity index (χ1) is 21.1. The second-order valence-electron chi connectivity index (χ2n) is 10.6. The van der Waals surface area contributed by atoms with Gasteiger partial charge in [0.15, 0.2) is 6.61 Å². The number of amides is 4. The third-order valence-corrected chi connectivity index (χ3v) is 7.27. The molecule has 0 atom stereocenters. The second-order valence-corrected chi connectivity index (χ2v) is 10.6. The number of carboxylic acids is 1. The topological polar surface area (TPSA) is 128 Å². The zero-order valence-corrected chi connectivity index (χ0v) is 24.2. The molecule has 0 spiro atoms. The van der Waals surface area contributed by atoms with Gasteiger partial charge in [-0.15, -0.1) is 0 Å². The molecule has 3 N–H and O–H groups in total. The van der Waals surface area contributed by atoms with Crippen LogP contribution in [0, 0.1) is 17.6 Å².